The Morgan fingerprint density at radius 1 is 1.15 bits per heavy atom. The van der Waals surface area contributed by atoms with Gasteiger partial charge in [-0.25, -0.2) is 19.6 Å². The van der Waals surface area contributed by atoms with Crippen LogP contribution in [-0.4, -0.2) is 36.3 Å². The van der Waals surface area contributed by atoms with E-state index in [9.17, 15) is 13.2 Å². The van der Waals surface area contributed by atoms with E-state index < -0.39 is 22.0 Å². The molecule has 0 amide bonds. The number of H-pyrrole nitrogens is 1. The molecule has 5 heterocycles. The SMILES string of the molecule is CCc1cccc2c1-n1nc3c(c1C1(C)C2=CC(C)(Cl)c2nc(C)[nH]c21)CN(c1ncc(C(F)(F)F)cn1)CC3. The predicted molar refractivity (Wildman–Crippen MR) is 146 cm³/mol. The van der Waals surface area contributed by atoms with E-state index in [4.69, 9.17) is 21.7 Å². The Morgan fingerprint density at radius 2 is 1.90 bits per heavy atom. The molecule has 40 heavy (non-hydrogen) atoms. The van der Waals surface area contributed by atoms with E-state index in [1.54, 1.807) is 0 Å². The molecule has 2 atom stereocenters. The van der Waals surface area contributed by atoms with Gasteiger partial charge in [-0.3, -0.25) is 0 Å². The van der Waals surface area contributed by atoms with Crippen molar-refractivity contribution in [2.24, 2.45) is 0 Å². The highest BCUT2D eigenvalue weighted by Crippen LogP contribution is 2.58. The largest absolute Gasteiger partial charge is 0.419 e. The van der Waals surface area contributed by atoms with E-state index in [0.29, 0.717) is 19.5 Å². The van der Waals surface area contributed by atoms with Crippen molar-refractivity contribution in [2.75, 3.05) is 11.4 Å². The Bertz CT molecular complexity index is 1710. The number of rotatable bonds is 2. The van der Waals surface area contributed by atoms with Crippen LogP contribution in [0.5, 0.6) is 0 Å². The van der Waals surface area contributed by atoms with Crippen LogP contribution in [0.25, 0.3) is 11.3 Å². The summed E-state index contributed by atoms with van der Waals surface area (Å²) in [6.45, 7) is 9.18. The van der Waals surface area contributed by atoms with Crippen LogP contribution in [0.4, 0.5) is 19.1 Å². The lowest BCUT2D eigenvalue weighted by atomic mass is 9.64. The average Bonchev–Trinajstić information content (AvgIpc) is 3.51. The zero-order chi connectivity index (χ0) is 28.2. The lowest BCUT2D eigenvalue weighted by Crippen LogP contribution is -2.41. The number of halogens is 4. The van der Waals surface area contributed by atoms with Crippen LogP contribution in [0.2, 0.25) is 0 Å². The summed E-state index contributed by atoms with van der Waals surface area (Å²) in [6.07, 6.45) is 0.769. The highest BCUT2D eigenvalue weighted by molar-refractivity contribution is 6.26. The molecule has 7 rings (SSSR count). The molecule has 3 aliphatic rings. The monoisotopic (exact) mass is 565 g/mol. The summed E-state index contributed by atoms with van der Waals surface area (Å²) in [7, 11) is 0. The molecular weight excluding hydrogens is 539 g/mol. The number of allylic oxidation sites excluding steroid dienone is 2. The van der Waals surface area contributed by atoms with E-state index in [2.05, 4.69) is 57.8 Å². The number of benzene rings is 1. The Hall–Kier alpha value is -3.66. The number of hydrogen-bond donors (Lipinski definition) is 1. The van der Waals surface area contributed by atoms with E-state index in [-0.39, 0.29) is 5.95 Å². The number of aryl methyl sites for hydroxylation is 2. The maximum Gasteiger partial charge on any atom is 0.419 e. The highest BCUT2D eigenvalue weighted by atomic mass is 35.5. The molecule has 0 fully saturated rings. The number of imidazole rings is 1. The Morgan fingerprint density at radius 3 is 2.60 bits per heavy atom. The fourth-order valence-corrected chi connectivity index (χ4v) is 6.86. The topological polar surface area (TPSA) is 75.5 Å². The Labute approximate surface area is 234 Å². The van der Waals surface area contributed by atoms with Gasteiger partial charge < -0.3 is 9.88 Å². The number of aromatic amines is 1. The lowest BCUT2D eigenvalue weighted by molar-refractivity contribution is -0.138. The number of anilines is 1. The average molecular weight is 566 g/mol. The van der Waals surface area contributed by atoms with E-state index in [1.807, 2.05) is 18.7 Å². The van der Waals surface area contributed by atoms with E-state index >= 15 is 0 Å². The van der Waals surface area contributed by atoms with Crippen LogP contribution in [0.15, 0.2) is 36.7 Å². The van der Waals surface area contributed by atoms with E-state index in [0.717, 1.165) is 69.8 Å². The summed E-state index contributed by atoms with van der Waals surface area (Å²) in [6, 6.07) is 6.34. The smallest absolute Gasteiger partial charge is 0.345 e. The zero-order valence-electron chi connectivity index (χ0n) is 22.5. The minimum Gasteiger partial charge on any atom is -0.345 e. The number of nitrogens with one attached hydrogen (secondary N) is 1. The number of hydrogen-bond acceptors (Lipinski definition) is 5. The number of aromatic nitrogens is 6. The van der Waals surface area contributed by atoms with Crippen LogP contribution in [0, 0.1) is 6.92 Å². The first-order valence-electron chi connectivity index (χ1n) is 13.3. The molecular formula is C29H27ClF3N7. The first-order chi connectivity index (χ1) is 18.9. The third-order valence-corrected chi connectivity index (χ3v) is 8.79. The van der Waals surface area contributed by atoms with Crippen molar-refractivity contribution in [2.45, 2.75) is 63.5 Å². The molecule has 1 N–H and O–H groups in total. The number of para-hydroxylation sites is 1. The fraction of sp³-hybridized carbons (Fsp3) is 0.379. The standard InChI is InChI=1S/C29H27ClF3N7/c1-5-16-7-6-8-18-20-11-27(3,30)23-24(37-15(2)36-23)28(20,4)25-19-14-39(10-9-21(19)38-40(25)22(16)18)26-34-12-17(13-35-26)29(31,32)33/h6-8,11-13H,5,9-10,14H2,1-4H3,(H,36,37). The van der Waals surface area contributed by atoms with Crippen LogP contribution >= 0.6 is 11.6 Å². The Balaban J connectivity index is 1.45. The minimum atomic E-state index is -4.49. The Kier molecular flexibility index (Phi) is 5.18. The summed E-state index contributed by atoms with van der Waals surface area (Å²) < 4.78 is 41.5. The number of nitrogens with zero attached hydrogens (tertiary/aromatic N) is 6. The third kappa shape index (κ3) is 3.38. The van der Waals surface area contributed by atoms with Crippen molar-refractivity contribution >= 4 is 23.1 Å². The summed E-state index contributed by atoms with van der Waals surface area (Å²) in [5.74, 6) is 1.04. The summed E-state index contributed by atoms with van der Waals surface area (Å²) in [5, 5.41) is 5.17. The van der Waals surface area contributed by atoms with Gasteiger partial charge in [-0.15, -0.1) is 11.6 Å². The van der Waals surface area contributed by atoms with Crippen molar-refractivity contribution in [3.05, 3.63) is 87.5 Å². The van der Waals surface area contributed by atoms with Crippen molar-refractivity contribution in [3.8, 4) is 5.69 Å². The van der Waals surface area contributed by atoms with Crippen molar-refractivity contribution in [1.29, 1.82) is 0 Å². The van der Waals surface area contributed by atoms with Gasteiger partial charge in [0.2, 0.25) is 5.95 Å². The van der Waals surface area contributed by atoms with Gasteiger partial charge in [0.1, 0.15) is 10.7 Å². The van der Waals surface area contributed by atoms with Crippen LogP contribution in [0.3, 0.4) is 0 Å². The second kappa shape index (κ2) is 8.19. The van der Waals surface area contributed by atoms with Gasteiger partial charge in [-0.2, -0.15) is 18.3 Å². The van der Waals surface area contributed by atoms with Crippen LogP contribution in [0.1, 0.15) is 71.6 Å². The molecule has 0 bridgehead atoms. The van der Waals surface area contributed by atoms with Gasteiger partial charge >= 0.3 is 6.18 Å². The van der Waals surface area contributed by atoms with Gasteiger partial charge in [-0.1, -0.05) is 31.2 Å². The first kappa shape index (κ1) is 25.3. The molecule has 1 aliphatic carbocycles. The molecule has 7 nitrogen and oxygen atoms in total. The number of fused-ring (bicyclic) bond motifs is 10. The van der Waals surface area contributed by atoms with E-state index in [1.165, 1.54) is 5.56 Å². The molecule has 11 heteroatoms. The molecule has 3 aromatic heterocycles. The van der Waals surface area contributed by atoms with Gasteiger partial charge in [0.25, 0.3) is 0 Å². The molecule has 1 aromatic carbocycles. The molecule has 0 spiro atoms. The second-order valence-electron chi connectivity index (χ2n) is 11.1. The summed E-state index contributed by atoms with van der Waals surface area (Å²) >= 11 is 7.14. The quantitative estimate of drug-likeness (QED) is 0.301. The van der Waals surface area contributed by atoms with Crippen LogP contribution < -0.4 is 4.90 Å². The molecule has 0 saturated carbocycles. The summed E-state index contributed by atoms with van der Waals surface area (Å²) in [4.78, 5) is 17.6. The fourth-order valence-electron chi connectivity index (χ4n) is 6.61. The summed E-state index contributed by atoms with van der Waals surface area (Å²) in [5.41, 5.74) is 7.60. The van der Waals surface area contributed by atoms with Gasteiger partial charge in [0.15, 0.2) is 0 Å². The van der Waals surface area contributed by atoms with Gasteiger partial charge in [0, 0.05) is 43.0 Å². The normalized spacial score (nSPS) is 23.1. The molecule has 0 saturated heterocycles. The molecule has 2 unspecified atom stereocenters. The predicted octanol–water partition coefficient (Wildman–Crippen LogP) is 6.01. The minimum absolute atomic E-state index is 0.264. The molecule has 2 aliphatic heterocycles. The maximum absolute atomic E-state index is 13.1. The lowest BCUT2D eigenvalue weighted by Gasteiger charge is -2.44. The van der Waals surface area contributed by atoms with Gasteiger partial charge in [-0.05, 0) is 38.3 Å². The molecule has 4 aromatic rings. The number of alkyl halides is 4. The van der Waals surface area contributed by atoms with Crippen molar-refractivity contribution in [3.63, 3.8) is 0 Å². The highest BCUT2D eigenvalue weighted by Gasteiger charge is 2.53. The molecule has 206 valence electrons. The molecule has 0 radical (unpaired) electrons. The van der Waals surface area contributed by atoms with Crippen molar-refractivity contribution in [1.82, 2.24) is 29.7 Å². The maximum atomic E-state index is 13.1. The first-order valence-corrected chi connectivity index (χ1v) is 13.7. The second-order valence-corrected chi connectivity index (χ2v) is 11.9. The van der Waals surface area contributed by atoms with Crippen molar-refractivity contribution < 1.29 is 13.2 Å². The van der Waals surface area contributed by atoms with Crippen LogP contribution in [-0.2, 0) is 35.9 Å². The third-order valence-electron chi connectivity index (χ3n) is 8.50. The zero-order valence-corrected chi connectivity index (χ0v) is 23.2. The van der Waals surface area contributed by atoms with Gasteiger partial charge in [0.05, 0.1) is 39.4 Å².